The number of ether oxygens (including phenoxy) is 1. The van der Waals surface area contributed by atoms with E-state index in [1.807, 2.05) is 20.8 Å². The van der Waals surface area contributed by atoms with Gasteiger partial charge in [-0.15, -0.1) is 10.2 Å². The van der Waals surface area contributed by atoms with Crippen LogP contribution in [0.4, 0.5) is 0 Å². The van der Waals surface area contributed by atoms with Gasteiger partial charge in [-0.3, -0.25) is 4.52 Å². The number of rotatable bonds is 3. The zero-order valence-corrected chi connectivity index (χ0v) is 10.2. The topological polar surface area (TPSA) is 91.8 Å². The molecule has 0 radical (unpaired) electrons. The molecule has 8 heteroatoms. The SMILES string of the molecule is Cn1nnc(COc2nc(C(C)(C)C)no2)n1. The number of hydrogen-bond acceptors (Lipinski definition) is 7. The maximum atomic E-state index is 5.26. The second kappa shape index (κ2) is 4.11. The molecule has 2 aromatic rings. The molecule has 0 aromatic carbocycles. The molecular weight excluding hydrogens is 224 g/mol. The van der Waals surface area contributed by atoms with Crippen LogP contribution < -0.4 is 4.74 Å². The average Bonchev–Trinajstić information content (AvgIpc) is 2.82. The molecule has 0 unspecified atom stereocenters. The molecule has 0 spiro atoms. The summed E-state index contributed by atoms with van der Waals surface area (Å²) in [5.41, 5.74) is -0.171. The van der Waals surface area contributed by atoms with Crippen molar-refractivity contribution in [2.45, 2.75) is 32.8 Å². The Morgan fingerprint density at radius 3 is 2.65 bits per heavy atom. The summed E-state index contributed by atoms with van der Waals surface area (Å²) < 4.78 is 10.2. The van der Waals surface area contributed by atoms with Crippen molar-refractivity contribution in [3.63, 3.8) is 0 Å². The van der Waals surface area contributed by atoms with Crippen LogP contribution >= 0.6 is 0 Å². The van der Waals surface area contributed by atoms with Crippen molar-refractivity contribution in [1.82, 2.24) is 30.3 Å². The molecule has 92 valence electrons. The average molecular weight is 238 g/mol. The van der Waals surface area contributed by atoms with Gasteiger partial charge in [-0.1, -0.05) is 25.9 Å². The van der Waals surface area contributed by atoms with E-state index in [0.717, 1.165) is 0 Å². The minimum atomic E-state index is -0.171. The highest BCUT2D eigenvalue weighted by atomic mass is 16.6. The Morgan fingerprint density at radius 2 is 2.12 bits per heavy atom. The summed E-state index contributed by atoms with van der Waals surface area (Å²) in [7, 11) is 1.68. The smallest absolute Gasteiger partial charge is 0.417 e. The quantitative estimate of drug-likeness (QED) is 0.767. The Labute approximate surface area is 98.0 Å². The minimum Gasteiger partial charge on any atom is -0.440 e. The fraction of sp³-hybridized carbons (Fsp3) is 0.667. The van der Waals surface area contributed by atoms with Crippen molar-refractivity contribution < 1.29 is 9.26 Å². The van der Waals surface area contributed by atoms with Gasteiger partial charge in [-0.25, -0.2) is 0 Å². The van der Waals surface area contributed by atoms with E-state index in [4.69, 9.17) is 9.26 Å². The summed E-state index contributed by atoms with van der Waals surface area (Å²) in [6, 6.07) is 0. The fourth-order valence-electron chi connectivity index (χ4n) is 1.08. The normalized spacial score (nSPS) is 11.8. The first-order valence-electron chi connectivity index (χ1n) is 5.15. The van der Waals surface area contributed by atoms with E-state index >= 15 is 0 Å². The Morgan fingerprint density at radius 1 is 1.35 bits per heavy atom. The van der Waals surface area contributed by atoms with Gasteiger partial charge in [0.15, 0.2) is 12.4 Å². The first kappa shape index (κ1) is 11.5. The summed E-state index contributed by atoms with van der Waals surface area (Å²) in [4.78, 5) is 5.47. The molecule has 0 bridgehead atoms. The number of nitrogens with zero attached hydrogens (tertiary/aromatic N) is 6. The summed E-state index contributed by atoms with van der Waals surface area (Å²) >= 11 is 0. The van der Waals surface area contributed by atoms with Crippen LogP contribution in [0.3, 0.4) is 0 Å². The van der Waals surface area contributed by atoms with Crippen molar-refractivity contribution in [1.29, 1.82) is 0 Å². The molecule has 2 heterocycles. The molecule has 0 aliphatic rings. The van der Waals surface area contributed by atoms with E-state index in [1.165, 1.54) is 4.80 Å². The third-order valence-corrected chi connectivity index (χ3v) is 1.95. The highest BCUT2D eigenvalue weighted by molar-refractivity contribution is 5.02. The van der Waals surface area contributed by atoms with E-state index < -0.39 is 0 Å². The van der Waals surface area contributed by atoms with Crippen molar-refractivity contribution in [2.24, 2.45) is 7.05 Å². The van der Waals surface area contributed by atoms with E-state index in [0.29, 0.717) is 11.6 Å². The van der Waals surface area contributed by atoms with E-state index in [1.54, 1.807) is 7.05 Å². The number of aromatic nitrogens is 6. The highest BCUT2D eigenvalue weighted by Gasteiger charge is 2.21. The lowest BCUT2D eigenvalue weighted by Gasteiger charge is -2.10. The minimum absolute atomic E-state index is 0.113. The van der Waals surface area contributed by atoms with Gasteiger partial charge in [0.2, 0.25) is 5.82 Å². The van der Waals surface area contributed by atoms with E-state index in [-0.39, 0.29) is 18.1 Å². The van der Waals surface area contributed by atoms with Crippen molar-refractivity contribution in [3.05, 3.63) is 11.6 Å². The van der Waals surface area contributed by atoms with Crippen LogP contribution in [0.1, 0.15) is 32.4 Å². The van der Waals surface area contributed by atoms with Crippen molar-refractivity contribution in [2.75, 3.05) is 0 Å². The van der Waals surface area contributed by atoms with Crippen LogP contribution in [0, 0.1) is 0 Å². The van der Waals surface area contributed by atoms with Crippen LogP contribution in [-0.4, -0.2) is 30.3 Å². The highest BCUT2D eigenvalue weighted by Crippen LogP contribution is 2.20. The van der Waals surface area contributed by atoms with Crippen LogP contribution in [0.2, 0.25) is 0 Å². The molecule has 2 aromatic heterocycles. The number of aryl methyl sites for hydroxylation is 1. The molecule has 17 heavy (non-hydrogen) atoms. The van der Waals surface area contributed by atoms with E-state index in [9.17, 15) is 0 Å². The first-order valence-corrected chi connectivity index (χ1v) is 5.15. The Hall–Kier alpha value is -1.99. The third-order valence-electron chi connectivity index (χ3n) is 1.95. The molecule has 2 rings (SSSR count). The van der Waals surface area contributed by atoms with Gasteiger partial charge in [0.25, 0.3) is 0 Å². The first-order chi connectivity index (χ1) is 7.95. The van der Waals surface area contributed by atoms with Gasteiger partial charge in [0.1, 0.15) is 0 Å². The summed E-state index contributed by atoms with van der Waals surface area (Å²) in [6.45, 7) is 6.13. The Bertz CT molecular complexity index is 498. The van der Waals surface area contributed by atoms with Crippen molar-refractivity contribution in [3.8, 4) is 6.08 Å². The predicted molar refractivity (Wildman–Crippen MR) is 56.1 cm³/mol. The summed E-state index contributed by atoms with van der Waals surface area (Å²) in [5.74, 6) is 1.06. The van der Waals surface area contributed by atoms with Gasteiger partial charge < -0.3 is 4.74 Å². The molecule has 0 aliphatic carbocycles. The molecule has 8 nitrogen and oxygen atoms in total. The van der Waals surface area contributed by atoms with Crippen LogP contribution in [-0.2, 0) is 19.1 Å². The summed E-state index contributed by atoms with van der Waals surface area (Å²) in [6.07, 6.45) is 0.113. The van der Waals surface area contributed by atoms with Crippen LogP contribution in [0.5, 0.6) is 6.08 Å². The molecule has 0 saturated heterocycles. The van der Waals surface area contributed by atoms with Gasteiger partial charge in [0, 0.05) is 5.41 Å². The zero-order chi connectivity index (χ0) is 12.5. The molecule has 0 saturated carbocycles. The molecule has 0 N–H and O–H groups in total. The van der Waals surface area contributed by atoms with Gasteiger partial charge in [0.05, 0.1) is 7.05 Å². The predicted octanol–water partition coefficient (Wildman–Crippen LogP) is 0.470. The molecule has 0 fully saturated rings. The monoisotopic (exact) mass is 238 g/mol. The Balaban J connectivity index is 1.98. The standard InChI is InChI=1S/C9H14N6O2/c1-9(2,3)7-10-8(17-13-7)16-5-6-11-14-15(4)12-6/h5H2,1-4H3. The summed E-state index contributed by atoms with van der Waals surface area (Å²) in [5, 5.41) is 15.2. The lowest BCUT2D eigenvalue weighted by Crippen LogP contribution is -2.13. The molecular formula is C9H14N6O2. The number of hydrogen-bond donors (Lipinski definition) is 0. The lowest BCUT2D eigenvalue weighted by atomic mass is 9.96. The van der Waals surface area contributed by atoms with Crippen LogP contribution in [0.25, 0.3) is 0 Å². The Kier molecular flexibility index (Phi) is 2.78. The van der Waals surface area contributed by atoms with Gasteiger partial charge in [-0.2, -0.15) is 9.78 Å². The van der Waals surface area contributed by atoms with Gasteiger partial charge in [-0.05, 0) is 5.21 Å². The second-order valence-corrected chi connectivity index (χ2v) is 4.62. The molecule has 0 amide bonds. The van der Waals surface area contributed by atoms with E-state index in [2.05, 4.69) is 25.6 Å². The lowest BCUT2D eigenvalue weighted by molar-refractivity contribution is 0.189. The second-order valence-electron chi connectivity index (χ2n) is 4.62. The fourth-order valence-corrected chi connectivity index (χ4v) is 1.08. The third kappa shape index (κ3) is 2.77. The zero-order valence-electron chi connectivity index (χ0n) is 10.2. The van der Waals surface area contributed by atoms with Gasteiger partial charge >= 0.3 is 6.08 Å². The maximum absolute atomic E-state index is 5.26. The molecule has 0 aliphatic heterocycles. The maximum Gasteiger partial charge on any atom is 0.417 e. The number of tetrazole rings is 1. The van der Waals surface area contributed by atoms with Crippen LogP contribution in [0.15, 0.2) is 4.52 Å². The van der Waals surface area contributed by atoms with Crippen molar-refractivity contribution >= 4 is 0 Å². The molecule has 0 atom stereocenters. The largest absolute Gasteiger partial charge is 0.440 e.